The number of aromatic nitrogens is 1. The molecule has 1 heterocycles. The van der Waals surface area contributed by atoms with Crippen molar-refractivity contribution in [3.05, 3.63) is 53.6 Å². The molecule has 112 valence electrons. The van der Waals surface area contributed by atoms with Crippen molar-refractivity contribution in [1.82, 2.24) is 4.98 Å². The van der Waals surface area contributed by atoms with Crippen LogP contribution in [-0.4, -0.2) is 18.4 Å². The van der Waals surface area contributed by atoms with Gasteiger partial charge in [0.15, 0.2) is 6.29 Å². The monoisotopic (exact) mass is 293 g/mol. The van der Waals surface area contributed by atoms with Gasteiger partial charge in [0.2, 0.25) is 0 Å². The summed E-state index contributed by atoms with van der Waals surface area (Å²) in [6.45, 7) is 4.30. The van der Waals surface area contributed by atoms with Crippen LogP contribution < -0.4 is 4.74 Å². The van der Waals surface area contributed by atoms with E-state index >= 15 is 0 Å². The second-order valence-electron chi connectivity index (χ2n) is 5.72. The number of rotatable bonds is 4. The molecule has 1 aromatic heterocycles. The highest BCUT2D eigenvalue weighted by Gasteiger charge is 2.14. The number of aromatic amines is 1. The molecular formula is C19H19NO2. The quantitative estimate of drug-likeness (QED) is 0.703. The lowest BCUT2D eigenvalue weighted by molar-refractivity contribution is 0.112. The Labute approximate surface area is 129 Å². The third-order valence-electron chi connectivity index (χ3n) is 4.03. The molecule has 3 rings (SSSR count). The van der Waals surface area contributed by atoms with Gasteiger partial charge in [-0.2, -0.15) is 0 Å². The van der Waals surface area contributed by atoms with Crippen molar-refractivity contribution >= 4 is 17.2 Å². The van der Waals surface area contributed by atoms with Gasteiger partial charge in [-0.1, -0.05) is 19.9 Å². The number of ether oxygens (including phenoxy) is 1. The number of hydrogen-bond acceptors (Lipinski definition) is 2. The van der Waals surface area contributed by atoms with Crippen LogP contribution in [-0.2, 0) is 0 Å². The average Bonchev–Trinajstić information content (AvgIpc) is 2.92. The first-order valence-corrected chi connectivity index (χ1v) is 7.39. The molecule has 0 aliphatic rings. The van der Waals surface area contributed by atoms with Crippen LogP contribution in [0, 0.1) is 0 Å². The van der Waals surface area contributed by atoms with E-state index in [4.69, 9.17) is 4.74 Å². The molecule has 3 aromatic rings. The van der Waals surface area contributed by atoms with E-state index < -0.39 is 0 Å². The fourth-order valence-corrected chi connectivity index (χ4v) is 2.70. The summed E-state index contributed by atoms with van der Waals surface area (Å²) in [7, 11) is 1.64. The molecule has 0 amide bonds. The van der Waals surface area contributed by atoms with Crippen LogP contribution in [0.4, 0.5) is 0 Å². The molecule has 0 aliphatic heterocycles. The summed E-state index contributed by atoms with van der Waals surface area (Å²) in [6, 6.07) is 14.0. The number of methoxy groups -OCH3 is 1. The van der Waals surface area contributed by atoms with Crippen LogP contribution in [0.15, 0.2) is 42.5 Å². The first-order valence-electron chi connectivity index (χ1n) is 7.39. The fourth-order valence-electron chi connectivity index (χ4n) is 2.70. The Morgan fingerprint density at radius 3 is 2.41 bits per heavy atom. The number of carbonyl (C=O) groups excluding carboxylic acids is 1. The summed E-state index contributed by atoms with van der Waals surface area (Å²) in [5, 5.41) is 0.979. The number of aldehydes is 1. The van der Waals surface area contributed by atoms with Gasteiger partial charge < -0.3 is 9.72 Å². The van der Waals surface area contributed by atoms with Crippen LogP contribution in [0.2, 0.25) is 0 Å². The van der Waals surface area contributed by atoms with Crippen LogP contribution >= 0.6 is 0 Å². The molecule has 0 bridgehead atoms. The van der Waals surface area contributed by atoms with E-state index in [1.54, 1.807) is 7.11 Å². The minimum atomic E-state index is 0.434. The number of nitrogens with one attached hydrogen (secondary N) is 1. The van der Waals surface area contributed by atoms with E-state index in [1.165, 1.54) is 5.56 Å². The number of hydrogen-bond donors (Lipinski definition) is 1. The van der Waals surface area contributed by atoms with Gasteiger partial charge in [0.1, 0.15) is 5.75 Å². The zero-order valence-electron chi connectivity index (χ0n) is 13.0. The van der Waals surface area contributed by atoms with Crippen molar-refractivity contribution in [1.29, 1.82) is 0 Å². The van der Waals surface area contributed by atoms with E-state index in [9.17, 15) is 4.79 Å². The van der Waals surface area contributed by atoms with Crippen molar-refractivity contribution in [3.63, 3.8) is 0 Å². The predicted molar refractivity (Wildman–Crippen MR) is 89.8 cm³/mol. The summed E-state index contributed by atoms with van der Waals surface area (Å²) >= 11 is 0. The topological polar surface area (TPSA) is 42.1 Å². The Bertz CT molecular complexity index is 813. The third-order valence-corrected chi connectivity index (χ3v) is 4.03. The SMILES string of the molecule is COc1ccc(-c2[nH]c3ccc(C(C)C)cc3c2C=O)cc1. The second-order valence-corrected chi connectivity index (χ2v) is 5.72. The van der Waals surface area contributed by atoms with Crippen molar-refractivity contribution < 1.29 is 9.53 Å². The number of carbonyl (C=O) groups is 1. The van der Waals surface area contributed by atoms with Crippen LogP contribution in [0.25, 0.3) is 22.2 Å². The Morgan fingerprint density at radius 2 is 1.82 bits per heavy atom. The molecule has 3 nitrogen and oxygen atoms in total. The van der Waals surface area contributed by atoms with Gasteiger partial charge in [-0.25, -0.2) is 0 Å². The van der Waals surface area contributed by atoms with E-state index in [0.717, 1.165) is 34.2 Å². The molecule has 0 atom stereocenters. The molecule has 1 N–H and O–H groups in total. The summed E-state index contributed by atoms with van der Waals surface area (Å²) in [4.78, 5) is 15.0. The molecule has 0 spiro atoms. The Morgan fingerprint density at radius 1 is 1.09 bits per heavy atom. The summed E-state index contributed by atoms with van der Waals surface area (Å²) < 4.78 is 5.18. The number of fused-ring (bicyclic) bond motifs is 1. The van der Waals surface area contributed by atoms with Crippen LogP contribution in [0.3, 0.4) is 0 Å². The van der Waals surface area contributed by atoms with Crippen LogP contribution in [0.1, 0.15) is 35.7 Å². The Balaban J connectivity index is 2.18. The number of H-pyrrole nitrogens is 1. The number of benzene rings is 2. The molecule has 2 aromatic carbocycles. The van der Waals surface area contributed by atoms with E-state index in [-0.39, 0.29) is 0 Å². The third kappa shape index (κ3) is 2.39. The maximum absolute atomic E-state index is 11.6. The molecule has 0 aliphatic carbocycles. The second kappa shape index (κ2) is 5.68. The van der Waals surface area contributed by atoms with Gasteiger partial charge in [0.05, 0.1) is 12.8 Å². The minimum Gasteiger partial charge on any atom is -0.497 e. The molecule has 3 heteroatoms. The summed E-state index contributed by atoms with van der Waals surface area (Å²) in [5.74, 6) is 1.23. The maximum atomic E-state index is 11.6. The van der Waals surface area contributed by atoms with Gasteiger partial charge in [0, 0.05) is 16.5 Å². The van der Waals surface area contributed by atoms with E-state index in [0.29, 0.717) is 11.5 Å². The molecule has 0 saturated carbocycles. The zero-order valence-corrected chi connectivity index (χ0v) is 13.0. The standard InChI is InChI=1S/C19H19NO2/c1-12(2)14-6-9-18-16(10-14)17(11-21)19(20-18)13-4-7-15(22-3)8-5-13/h4-12,20H,1-3H3. The van der Waals surface area contributed by atoms with Crippen molar-refractivity contribution in [3.8, 4) is 17.0 Å². The van der Waals surface area contributed by atoms with Crippen molar-refractivity contribution in [2.45, 2.75) is 19.8 Å². The molecular weight excluding hydrogens is 274 g/mol. The van der Waals surface area contributed by atoms with E-state index in [2.05, 4.69) is 31.0 Å². The predicted octanol–water partition coefficient (Wildman–Crippen LogP) is 4.78. The Kier molecular flexibility index (Phi) is 3.72. The lowest BCUT2D eigenvalue weighted by Gasteiger charge is -2.04. The first kappa shape index (κ1) is 14.4. The average molecular weight is 293 g/mol. The molecule has 0 radical (unpaired) electrons. The van der Waals surface area contributed by atoms with Gasteiger partial charge in [0.25, 0.3) is 0 Å². The lowest BCUT2D eigenvalue weighted by Crippen LogP contribution is -1.88. The normalized spacial score (nSPS) is 11.1. The highest BCUT2D eigenvalue weighted by molar-refractivity contribution is 6.04. The van der Waals surface area contributed by atoms with Crippen molar-refractivity contribution in [2.24, 2.45) is 0 Å². The molecule has 0 fully saturated rings. The Hall–Kier alpha value is -2.55. The molecule has 22 heavy (non-hydrogen) atoms. The van der Waals surface area contributed by atoms with Gasteiger partial charge in [-0.3, -0.25) is 4.79 Å². The molecule has 0 unspecified atom stereocenters. The van der Waals surface area contributed by atoms with Gasteiger partial charge >= 0.3 is 0 Å². The molecule has 0 saturated heterocycles. The van der Waals surface area contributed by atoms with Gasteiger partial charge in [-0.15, -0.1) is 0 Å². The van der Waals surface area contributed by atoms with Crippen molar-refractivity contribution in [2.75, 3.05) is 7.11 Å². The first-order chi connectivity index (χ1) is 10.6. The van der Waals surface area contributed by atoms with Gasteiger partial charge in [-0.05, 0) is 53.4 Å². The summed E-state index contributed by atoms with van der Waals surface area (Å²) in [6.07, 6.45) is 0.933. The largest absolute Gasteiger partial charge is 0.497 e. The fraction of sp³-hybridized carbons (Fsp3) is 0.211. The highest BCUT2D eigenvalue weighted by atomic mass is 16.5. The smallest absolute Gasteiger partial charge is 0.152 e. The van der Waals surface area contributed by atoms with Crippen LogP contribution in [0.5, 0.6) is 5.75 Å². The highest BCUT2D eigenvalue weighted by Crippen LogP contribution is 2.32. The maximum Gasteiger partial charge on any atom is 0.152 e. The van der Waals surface area contributed by atoms with E-state index in [1.807, 2.05) is 30.3 Å². The zero-order chi connectivity index (χ0) is 15.7. The summed E-state index contributed by atoms with van der Waals surface area (Å²) in [5.41, 5.74) is 4.76. The lowest BCUT2D eigenvalue weighted by atomic mass is 9.99. The minimum absolute atomic E-state index is 0.434.